The van der Waals surface area contributed by atoms with Crippen LogP contribution in [0.25, 0.3) is 0 Å². The Labute approximate surface area is 138 Å². The van der Waals surface area contributed by atoms with Gasteiger partial charge in [0, 0.05) is 6.54 Å². The summed E-state index contributed by atoms with van der Waals surface area (Å²) in [5.41, 5.74) is 1.60. The van der Waals surface area contributed by atoms with Crippen molar-refractivity contribution in [3.8, 4) is 0 Å². The lowest BCUT2D eigenvalue weighted by Gasteiger charge is -2.32. The first-order valence-corrected chi connectivity index (χ1v) is 8.88. The van der Waals surface area contributed by atoms with Gasteiger partial charge in [-0.3, -0.25) is 0 Å². The minimum atomic E-state index is 0.386. The third kappa shape index (κ3) is 3.57. The van der Waals surface area contributed by atoms with E-state index in [1.165, 1.54) is 24.8 Å². The number of halogens is 2. The van der Waals surface area contributed by atoms with Crippen molar-refractivity contribution in [1.29, 1.82) is 0 Å². The summed E-state index contributed by atoms with van der Waals surface area (Å²) >= 11 is 12.6. The first-order chi connectivity index (χ1) is 9.99. The topological polar surface area (TPSA) is 12.0 Å². The molecule has 0 amide bonds. The van der Waals surface area contributed by atoms with Crippen molar-refractivity contribution >= 4 is 23.2 Å². The van der Waals surface area contributed by atoms with Crippen molar-refractivity contribution < 1.29 is 0 Å². The van der Waals surface area contributed by atoms with E-state index < -0.39 is 0 Å². The maximum atomic E-state index is 6.41. The summed E-state index contributed by atoms with van der Waals surface area (Å²) in [4.78, 5) is 0. The highest BCUT2D eigenvalue weighted by atomic mass is 35.5. The smallest absolute Gasteiger partial charge is 0.0624 e. The highest BCUT2D eigenvalue weighted by Gasteiger charge is 2.53. The zero-order chi connectivity index (χ0) is 15.0. The summed E-state index contributed by atoms with van der Waals surface area (Å²) in [6.45, 7) is 6.74. The van der Waals surface area contributed by atoms with Gasteiger partial charge in [0.15, 0.2) is 0 Å². The van der Waals surface area contributed by atoms with Crippen molar-refractivity contribution in [3.63, 3.8) is 0 Å². The molecule has 1 aromatic rings. The molecule has 3 rings (SSSR count). The van der Waals surface area contributed by atoms with Crippen LogP contribution >= 0.6 is 23.2 Å². The van der Waals surface area contributed by atoms with E-state index in [0.29, 0.717) is 16.4 Å². The molecule has 0 heterocycles. The molecule has 2 aliphatic rings. The van der Waals surface area contributed by atoms with Gasteiger partial charge < -0.3 is 5.32 Å². The molecular weight excluding hydrogens is 301 g/mol. The summed E-state index contributed by atoms with van der Waals surface area (Å²) in [5, 5.41) is 5.12. The zero-order valence-electron chi connectivity index (χ0n) is 13.0. The van der Waals surface area contributed by atoms with Crippen molar-refractivity contribution in [1.82, 2.24) is 5.32 Å². The van der Waals surface area contributed by atoms with Crippen LogP contribution in [0.4, 0.5) is 0 Å². The van der Waals surface area contributed by atoms with Gasteiger partial charge in [-0.25, -0.2) is 0 Å². The number of hydrogen-bond acceptors (Lipinski definition) is 1. The van der Waals surface area contributed by atoms with E-state index in [-0.39, 0.29) is 0 Å². The molecule has 0 aromatic heterocycles. The van der Waals surface area contributed by atoms with Gasteiger partial charge >= 0.3 is 0 Å². The van der Waals surface area contributed by atoms with Gasteiger partial charge in [-0.1, -0.05) is 49.2 Å². The molecule has 2 saturated carbocycles. The van der Waals surface area contributed by atoms with Gasteiger partial charge in [0.05, 0.1) is 10.0 Å². The largest absolute Gasteiger partial charge is 0.316 e. The summed E-state index contributed by atoms with van der Waals surface area (Å²) in [6.07, 6.45) is 5.22. The Morgan fingerprint density at radius 1 is 1.24 bits per heavy atom. The number of hydrogen-bond donors (Lipinski definition) is 1. The summed E-state index contributed by atoms with van der Waals surface area (Å²) < 4.78 is 0. The molecule has 0 aliphatic heterocycles. The highest BCUT2D eigenvalue weighted by molar-refractivity contribution is 6.42. The number of rotatable bonds is 6. The van der Waals surface area contributed by atoms with Gasteiger partial charge in [-0.15, -0.1) is 0 Å². The second kappa shape index (κ2) is 6.10. The van der Waals surface area contributed by atoms with Crippen LogP contribution in [0, 0.1) is 23.2 Å². The third-order valence-electron chi connectivity index (χ3n) is 5.11. The molecule has 116 valence electrons. The molecule has 0 radical (unpaired) electrons. The van der Waals surface area contributed by atoms with E-state index in [1.54, 1.807) is 0 Å². The monoisotopic (exact) mass is 325 g/mol. The molecular formula is C18H25Cl2N. The molecule has 0 bridgehead atoms. The van der Waals surface area contributed by atoms with E-state index in [1.807, 2.05) is 12.1 Å². The Bertz CT molecular complexity index is 502. The number of fused-ring (bicyclic) bond motifs is 1. The first kappa shape index (κ1) is 15.6. The summed E-state index contributed by atoms with van der Waals surface area (Å²) in [5.74, 6) is 2.65. The molecule has 1 N–H and O–H groups in total. The maximum absolute atomic E-state index is 6.41. The normalized spacial score (nSPS) is 30.7. The molecule has 1 nitrogen and oxygen atoms in total. The molecule has 21 heavy (non-hydrogen) atoms. The van der Waals surface area contributed by atoms with Gasteiger partial charge in [-0.2, -0.15) is 0 Å². The SMILES string of the molecule is CC(C)CNCC1(Cc2cccc(Cl)c2Cl)CC2CC2C1. The van der Waals surface area contributed by atoms with E-state index >= 15 is 0 Å². The predicted molar refractivity (Wildman–Crippen MR) is 91.1 cm³/mol. The predicted octanol–water partition coefficient (Wildman–Crippen LogP) is 5.20. The van der Waals surface area contributed by atoms with E-state index in [0.717, 1.165) is 36.4 Å². The van der Waals surface area contributed by atoms with Gasteiger partial charge in [0.2, 0.25) is 0 Å². The molecule has 1 aromatic carbocycles. The fraction of sp³-hybridized carbons (Fsp3) is 0.667. The molecule has 3 heteroatoms. The van der Waals surface area contributed by atoms with E-state index in [2.05, 4.69) is 25.2 Å². The van der Waals surface area contributed by atoms with Gasteiger partial charge in [0.1, 0.15) is 0 Å². The van der Waals surface area contributed by atoms with Crippen LogP contribution in [0.2, 0.25) is 10.0 Å². The first-order valence-electron chi connectivity index (χ1n) is 8.13. The fourth-order valence-electron chi connectivity index (χ4n) is 4.07. The maximum Gasteiger partial charge on any atom is 0.0624 e. The van der Waals surface area contributed by atoms with Crippen LogP contribution in [-0.2, 0) is 6.42 Å². The van der Waals surface area contributed by atoms with Crippen molar-refractivity contribution in [2.75, 3.05) is 13.1 Å². The van der Waals surface area contributed by atoms with Crippen LogP contribution in [0.3, 0.4) is 0 Å². The standard InChI is InChI=1S/C18H25Cl2N/c1-12(2)10-21-11-18(8-14-6-15(14)9-18)7-13-4-3-5-16(19)17(13)20/h3-5,12,14-15,21H,6-11H2,1-2H3. The average Bonchev–Trinajstić information content (AvgIpc) is 3.03. The fourth-order valence-corrected chi connectivity index (χ4v) is 4.46. The number of nitrogens with one attached hydrogen (secondary N) is 1. The third-order valence-corrected chi connectivity index (χ3v) is 5.97. The Kier molecular flexibility index (Phi) is 4.55. The van der Waals surface area contributed by atoms with Gasteiger partial charge in [-0.05, 0) is 67.0 Å². The molecule has 2 aliphatic carbocycles. The van der Waals surface area contributed by atoms with E-state index in [4.69, 9.17) is 23.2 Å². The zero-order valence-corrected chi connectivity index (χ0v) is 14.5. The number of benzene rings is 1. The quantitative estimate of drug-likeness (QED) is 0.758. The lowest BCUT2D eigenvalue weighted by Crippen LogP contribution is -2.36. The molecule has 2 fully saturated rings. The van der Waals surface area contributed by atoms with Crippen LogP contribution < -0.4 is 5.32 Å². The Morgan fingerprint density at radius 3 is 2.62 bits per heavy atom. The van der Waals surface area contributed by atoms with E-state index in [9.17, 15) is 0 Å². The second-order valence-electron chi connectivity index (χ2n) is 7.58. The Hall–Kier alpha value is -0.240. The minimum absolute atomic E-state index is 0.386. The average molecular weight is 326 g/mol. The molecule has 2 unspecified atom stereocenters. The van der Waals surface area contributed by atoms with Crippen molar-refractivity contribution in [2.45, 2.75) is 39.5 Å². The summed E-state index contributed by atoms with van der Waals surface area (Å²) in [7, 11) is 0. The second-order valence-corrected chi connectivity index (χ2v) is 8.36. The molecule has 0 saturated heterocycles. The minimum Gasteiger partial charge on any atom is -0.316 e. The van der Waals surface area contributed by atoms with Crippen LogP contribution in [0.1, 0.15) is 38.7 Å². The lowest BCUT2D eigenvalue weighted by atomic mass is 9.77. The molecule has 0 spiro atoms. The van der Waals surface area contributed by atoms with Crippen molar-refractivity contribution in [3.05, 3.63) is 33.8 Å². The summed E-state index contributed by atoms with van der Waals surface area (Å²) in [6, 6.07) is 6.04. The molecule has 2 atom stereocenters. The highest BCUT2D eigenvalue weighted by Crippen LogP contribution is 2.60. The Morgan fingerprint density at radius 2 is 1.95 bits per heavy atom. The van der Waals surface area contributed by atoms with Crippen molar-refractivity contribution in [2.24, 2.45) is 23.2 Å². The van der Waals surface area contributed by atoms with Crippen LogP contribution in [0.15, 0.2) is 18.2 Å². The van der Waals surface area contributed by atoms with Crippen LogP contribution in [0.5, 0.6) is 0 Å². The van der Waals surface area contributed by atoms with Gasteiger partial charge in [0.25, 0.3) is 0 Å². The van der Waals surface area contributed by atoms with Crippen LogP contribution in [-0.4, -0.2) is 13.1 Å². The Balaban J connectivity index is 1.72. The lowest BCUT2D eigenvalue weighted by molar-refractivity contribution is 0.245.